The molecule has 1 N–H and O–H groups in total. The van der Waals surface area contributed by atoms with Crippen molar-refractivity contribution in [2.45, 2.75) is 12.8 Å². The van der Waals surface area contributed by atoms with Crippen LogP contribution >= 0.6 is 0 Å². The van der Waals surface area contributed by atoms with Crippen LogP contribution < -0.4 is 4.90 Å². The molecule has 2 aliphatic rings. The van der Waals surface area contributed by atoms with Crippen LogP contribution in [0.3, 0.4) is 0 Å². The fourth-order valence-electron chi connectivity index (χ4n) is 3.06. The lowest BCUT2D eigenvalue weighted by Gasteiger charge is -2.35. The number of anilines is 1. The predicted molar refractivity (Wildman–Crippen MR) is 72.4 cm³/mol. The van der Waals surface area contributed by atoms with Gasteiger partial charge < -0.3 is 14.7 Å². The molecule has 3 rings (SSSR count). The minimum atomic E-state index is -0.692. The number of fused-ring (bicyclic) bond motifs is 1. The molecule has 0 amide bonds. The summed E-state index contributed by atoms with van der Waals surface area (Å²) in [6, 6.07) is 8.16. The van der Waals surface area contributed by atoms with Crippen molar-refractivity contribution < 1.29 is 14.6 Å². The van der Waals surface area contributed by atoms with Crippen LogP contribution in [0.4, 0.5) is 5.69 Å². The molecule has 1 aromatic carbocycles. The fourth-order valence-corrected chi connectivity index (χ4v) is 3.06. The maximum atomic E-state index is 11.3. The Kier molecular flexibility index (Phi) is 3.42. The van der Waals surface area contributed by atoms with E-state index in [1.165, 1.54) is 5.69 Å². The van der Waals surface area contributed by atoms with Gasteiger partial charge in [-0.2, -0.15) is 0 Å². The first-order valence-electron chi connectivity index (χ1n) is 6.87. The topological polar surface area (TPSA) is 49.8 Å². The summed E-state index contributed by atoms with van der Waals surface area (Å²) in [5.41, 5.74) is 2.35. The number of hydrogen-bond donors (Lipinski definition) is 1. The van der Waals surface area contributed by atoms with Gasteiger partial charge in [0.05, 0.1) is 12.5 Å². The van der Waals surface area contributed by atoms with E-state index in [-0.39, 0.29) is 5.92 Å². The average Bonchev–Trinajstić information content (AvgIpc) is 2.91. The molecule has 2 atom stereocenters. The van der Waals surface area contributed by atoms with Gasteiger partial charge in [-0.3, -0.25) is 4.79 Å². The van der Waals surface area contributed by atoms with Crippen molar-refractivity contribution in [2.24, 2.45) is 11.8 Å². The standard InChI is InChI=1S/C15H19NO3/c17-15(18)13-7-12-3-1-2-4-14(12)16(9-13)8-11-5-6-19-10-11/h1-4,11,13H,5-10H2,(H,17,18). The highest BCUT2D eigenvalue weighted by atomic mass is 16.5. The molecule has 19 heavy (non-hydrogen) atoms. The van der Waals surface area contributed by atoms with Crippen LogP contribution in [0.2, 0.25) is 0 Å². The number of aliphatic carboxylic acids is 1. The van der Waals surface area contributed by atoms with E-state index < -0.39 is 5.97 Å². The molecule has 0 bridgehead atoms. The van der Waals surface area contributed by atoms with Crippen molar-refractivity contribution in [2.75, 3.05) is 31.2 Å². The van der Waals surface area contributed by atoms with Gasteiger partial charge in [-0.1, -0.05) is 18.2 Å². The van der Waals surface area contributed by atoms with Gasteiger partial charge in [-0.25, -0.2) is 0 Å². The minimum absolute atomic E-state index is 0.294. The van der Waals surface area contributed by atoms with Gasteiger partial charge in [0.15, 0.2) is 0 Å². The van der Waals surface area contributed by atoms with E-state index in [1.54, 1.807) is 0 Å². The molecule has 1 aromatic rings. The second kappa shape index (κ2) is 5.21. The van der Waals surface area contributed by atoms with E-state index in [0.29, 0.717) is 18.9 Å². The van der Waals surface area contributed by atoms with Gasteiger partial charge in [-0.15, -0.1) is 0 Å². The number of ether oxygens (including phenoxy) is 1. The Balaban J connectivity index is 1.82. The Morgan fingerprint density at radius 1 is 1.42 bits per heavy atom. The third kappa shape index (κ3) is 2.59. The SMILES string of the molecule is O=C(O)C1Cc2ccccc2N(CC2CCOC2)C1. The molecular formula is C15H19NO3. The number of rotatable bonds is 3. The average molecular weight is 261 g/mol. The summed E-state index contributed by atoms with van der Waals surface area (Å²) in [5, 5.41) is 9.29. The predicted octanol–water partition coefficient (Wildman–Crippen LogP) is 1.79. The van der Waals surface area contributed by atoms with E-state index in [2.05, 4.69) is 11.0 Å². The quantitative estimate of drug-likeness (QED) is 0.901. The first-order chi connectivity index (χ1) is 9.24. The molecule has 0 radical (unpaired) electrons. The van der Waals surface area contributed by atoms with E-state index in [0.717, 1.165) is 31.7 Å². The first-order valence-corrected chi connectivity index (χ1v) is 6.87. The van der Waals surface area contributed by atoms with Crippen LogP contribution in [0.1, 0.15) is 12.0 Å². The van der Waals surface area contributed by atoms with Crippen LogP contribution in [0.15, 0.2) is 24.3 Å². The summed E-state index contributed by atoms with van der Waals surface area (Å²) in [6.07, 6.45) is 1.72. The maximum Gasteiger partial charge on any atom is 0.308 e. The molecule has 0 aliphatic carbocycles. The van der Waals surface area contributed by atoms with Gasteiger partial charge in [-0.05, 0) is 24.5 Å². The van der Waals surface area contributed by atoms with Crippen LogP contribution in [-0.2, 0) is 16.0 Å². The second-order valence-electron chi connectivity index (χ2n) is 5.50. The zero-order valence-corrected chi connectivity index (χ0v) is 10.9. The maximum absolute atomic E-state index is 11.3. The van der Waals surface area contributed by atoms with Crippen LogP contribution in [-0.4, -0.2) is 37.4 Å². The third-order valence-electron chi connectivity index (χ3n) is 4.09. The van der Waals surface area contributed by atoms with Crippen LogP contribution in [0, 0.1) is 11.8 Å². The molecule has 0 saturated carbocycles. The third-order valence-corrected chi connectivity index (χ3v) is 4.09. The highest BCUT2D eigenvalue weighted by Gasteiger charge is 2.30. The highest BCUT2D eigenvalue weighted by Crippen LogP contribution is 2.31. The van der Waals surface area contributed by atoms with E-state index in [4.69, 9.17) is 4.74 Å². The molecule has 1 saturated heterocycles. The van der Waals surface area contributed by atoms with Crippen molar-refractivity contribution in [3.63, 3.8) is 0 Å². The van der Waals surface area contributed by atoms with Gasteiger partial charge >= 0.3 is 5.97 Å². The first kappa shape index (κ1) is 12.5. The van der Waals surface area contributed by atoms with Gasteiger partial charge in [0, 0.05) is 31.3 Å². The molecule has 2 aliphatic heterocycles. The second-order valence-corrected chi connectivity index (χ2v) is 5.50. The van der Waals surface area contributed by atoms with Crippen LogP contribution in [0.5, 0.6) is 0 Å². The van der Waals surface area contributed by atoms with Gasteiger partial charge in [0.1, 0.15) is 0 Å². The molecule has 2 unspecified atom stereocenters. The Bertz CT molecular complexity index is 468. The van der Waals surface area contributed by atoms with E-state index in [1.807, 2.05) is 18.2 Å². The van der Waals surface area contributed by atoms with Crippen molar-refractivity contribution in [1.29, 1.82) is 0 Å². The fraction of sp³-hybridized carbons (Fsp3) is 0.533. The number of carbonyl (C=O) groups is 1. The molecule has 102 valence electrons. The zero-order chi connectivity index (χ0) is 13.2. The number of hydrogen-bond acceptors (Lipinski definition) is 3. The van der Waals surface area contributed by atoms with Crippen LogP contribution in [0.25, 0.3) is 0 Å². The smallest absolute Gasteiger partial charge is 0.308 e. The summed E-state index contributed by atoms with van der Waals surface area (Å²) < 4.78 is 5.42. The zero-order valence-electron chi connectivity index (χ0n) is 10.9. The lowest BCUT2D eigenvalue weighted by Crippen LogP contribution is -2.41. The molecule has 2 heterocycles. The number of benzene rings is 1. The lowest BCUT2D eigenvalue weighted by molar-refractivity contribution is -0.141. The number of nitrogens with zero attached hydrogens (tertiary/aromatic N) is 1. The molecular weight excluding hydrogens is 242 g/mol. The van der Waals surface area contributed by atoms with E-state index in [9.17, 15) is 9.90 Å². The van der Waals surface area contributed by atoms with Crippen molar-refractivity contribution in [3.05, 3.63) is 29.8 Å². The summed E-state index contributed by atoms with van der Waals surface area (Å²) in [5.74, 6) is -0.458. The Morgan fingerprint density at radius 3 is 3.00 bits per heavy atom. The van der Waals surface area contributed by atoms with Crippen molar-refractivity contribution in [3.8, 4) is 0 Å². The Hall–Kier alpha value is -1.55. The Morgan fingerprint density at radius 2 is 2.26 bits per heavy atom. The summed E-state index contributed by atoms with van der Waals surface area (Å²) in [6.45, 7) is 3.16. The number of carboxylic acid groups (broad SMARTS) is 1. The number of para-hydroxylation sites is 1. The van der Waals surface area contributed by atoms with Gasteiger partial charge in [0.2, 0.25) is 0 Å². The largest absolute Gasteiger partial charge is 0.481 e. The lowest BCUT2D eigenvalue weighted by atomic mass is 9.91. The molecule has 0 spiro atoms. The summed E-state index contributed by atoms with van der Waals surface area (Å²) >= 11 is 0. The van der Waals surface area contributed by atoms with Crippen molar-refractivity contribution in [1.82, 2.24) is 0 Å². The van der Waals surface area contributed by atoms with E-state index >= 15 is 0 Å². The molecule has 4 nitrogen and oxygen atoms in total. The normalized spacial score (nSPS) is 26.2. The molecule has 1 fully saturated rings. The number of carboxylic acids is 1. The summed E-state index contributed by atoms with van der Waals surface area (Å²) in [7, 11) is 0. The summed E-state index contributed by atoms with van der Waals surface area (Å²) in [4.78, 5) is 13.5. The molecule has 4 heteroatoms. The Labute approximate surface area is 113 Å². The minimum Gasteiger partial charge on any atom is -0.481 e. The molecule has 0 aromatic heterocycles. The monoisotopic (exact) mass is 261 g/mol. The van der Waals surface area contributed by atoms with Crippen molar-refractivity contribution >= 4 is 11.7 Å². The highest BCUT2D eigenvalue weighted by molar-refractivity contribution is 5.73. The van der Waals surface area contributed by atoms with Gasteiger partial charge in [0.25, 0.3) is 0 Å².